The number of aromatic nitrogens is 3. The molecule has 28 heavy (non-hydrogen) atoms. The smallest absolute Gasteiger partial charge is 0.260 e. The van der Waals surface area contributed by atoms with Crippen LogP contribution in [0.4, 0.5) is 0 Å². The number of thiophene rings is 2. The normalized spacial score (nSPS) is 16.1. The number of rotatable bonds is 5. The van der Waals surface area contributed by atoms with Crippen molar-refractivity contribution in [2.75, 3.05) is 26.2 Å². The van der Waals surface area contributed by atoms with E-state index in [4.69, 9.17) is 4.98 Å². The van der Waals surface area contributed by atoms with Gasteiger partial charge in [-0.15, -0.1) is 34.0 Å². The summed E-state index contributed by atoms with van der Waals surface area (Å²) in [5.74, 6) is 0.755. The molecule has 0 saturated carbocycles. The molecule has 1 aliphatic heterocycles. The first-order valence-electron chi connectivity index (χ1n) is 9.12. The second kappa shape index (κ2) is 7.84. The molecule has 0 spiro atoms. The number of hydrogen-bond acceptors (Lipinski definition) is 8. The number of aromatic amines is 1. The fraction of sp³-hybridized carbons (Fsp3) is 0.316. The van der Waals surface area contributed by atoms with Crippen LogP contribution in [0.5, 0.6) is 0 Å². The van der Waals surface area contributed by atoms with Crippen LogP contribution < -0.4 is 5.56 Å². The Kier molecular flexibility index (Phi) is 5.08. The molecule has 1 aliphatic rings. The van der Waals surface area contributed by atoms with E-state index in [1.165, 1.54) is 0 Å². The van der Waals surface area contributed by atoms with E-state index >= 15 is 0 Å². The molecule has 6 nitrogen and oxygen atoms in total. The first-order chi connectivity index (χ1) is 13.8. The molecule has 1 N–H and O–H groups in total. The van der Waals surface area contributed by atoms with E-state index in [0.717, 1.165) is 59.5 Å². The summed E-state index contributed by atoms with van der Waals surface area (Å²) in [7, 11) is 0. The lowest BCUT2D eigenvalue weighted by Crippen LogP contribution is -2.45. The SMILES string of the molecule is O=c1[nH]c(CN2CCN(Cc3cscn3)CC2)nc2scc(-c3cccs3)c12. The molecule has 0 bridgehead atoms. The van der Waals surface area contributed by atoms with Crippen molar-refractivity contribution < 1.29 is 0 Å². The minimum Gasteiger partial charge on any atom is -0.309 e. The zero-order valence-electron chi connectivity index (χ0n) is 15.1. The van der Waals surface area contributed by atoms with Crippen LogP contribution in [0.1, 0.15) is 11.5 Å². The Morgan fingerprint density at radius 3 is 2.61 bits per heavy atom. The molecule has 0 radical (unpaired) electrons. The van der Waals surface area contributed by atoms with Crippen molar-refractivity contribution in [2.45, 2.75) is 13.1 Å². The fourth-order valence-corrected chi connectivity index (χ4v) is 5.87. The molecule has 5 heterocycles. The van der Waals surface area contributed by atoms with Gasteiger partial charge < -0.3 is 4.98 Å². The molecule has 5 rings (SSSR count). The summed E-state index contributed by atoms with van der Waals surface area (Å²) in [5, 5.41) is 6.90. The number of nitrogens with zero attached hydrogens (tertiary/aromatic N) is 4. The molecule has 1 saturated heterocycles. The van der Waals surface area contributed by atoms with Gasteiger partial charge in [-0.1, -0.05) is 6.07 Å². The summed E-state index contributed by atoms with van der Waals surface area (Å²) in [5.41, 5.74) is 3.99. The Bertz CT molecular complexity index is 1110. The van der Waals surface area contributed by atoms with Gasteiger partial charge in [-0.05, 0) is 11.4 Å². The van der Waals surface area contributed by atoms with Crippen LogP contribution in [0.15, 0.2) is 38.6 Å². The summed E-state index contributed by atoms with van der Waals surface area (Å²) >= 11 is 4.84. The highest BCUT2D eigenvalue weighted by molar-refractivity contribution is 7.18. The third-order valence-electron chi connectivity index (χ3n) is 4.99. The molecular formula is C19H19N5OS3. The van der Waals surface area contributed by atoms with E-state index in [1.807, 2.05) is 28.4 Å². The molecule has 1 fully saturated rings. The van der Waals surface area contributed by atoms with Gasteiger partial charge in [0.1, 0.15) is 10.7 Å². The first-order valence-corrected chi connectivity index (χ1v) is 11.8. The van der Waals surface area contributed by atoms with Crippen LogP contribution in [0.25, 0.3) is 20.7 Å². The van der Waals surface area contributed by atoms with Crippen molar-refractivity contribution in [1.29, 1.82) is 0 Å². The van der Waals surface area contributed by atoms with Crippen molar-refractivity contribution in [3.63, 3.8) is 0 Å². The van der Waals surface area contributed by atoms with Gasteiger partial charge in [-0.25, -0.2) is 9.97 Å². The van der Waals surface area contributed by atoms with E-state index in [9.17, 15) is 4.79 Å². The summed E-state index contributed by atoms with van der Waals surface area (Å²) in [6, 6.07) is 4.05. The fourth-order valence-electron chi connectivity index (χ4n) is 3.54. The number of fused-ring (bicyclic) bond motifs is 1. The van der Waals surface area contributed by atoms with Crippen molar-refractivity contribution in [3.05, 3.63) is 55.7 Å². The molecule has 0 amide bonds. The van der Waals surface area contributed by atoms with Crippen molar-refractivity contribution in [2.24, 2.45) is 0 Å². The van der Waals surface area contributed by atoms with Gasteiger partial charge in [0.15, 0.2) is 0 Å². The zero-order valence-corrected chi connectivity index (χ0v) is 17.6. The number of H-pyrrole nitrogens is 1. The van der Waals surface area contributed by atoms with E-state index in [1.54, 1.807) is 34.0 Å². The molecule has 0 atom stereocenters. The lowest BCUT2D eigenvalue weighted by Gasteiger charge is -2.33. The second-order valence-electron chi connectivity index (χ2n) is 6.85. The predicted octanol–water partition coefficient (Wildman–Crippen LogP) is 3.49. The molecule has 4 aromatic heterocycles. The molecule has 0 aliphatic carbocycles. The van der Waals surface area contributed by atoms with Crippen molar-refractivity contribution in [3.8, 4) is 10.4 Å². The zero-order chi connectivity index (χ0) is 18.9. The Labute approximate surface area is 174 Å². The highest BCUT2D eigenvalue weighted by atomic mass is 32.1. The van der Waals surface area contributed by atoms with E-state index in [0.29, 0.717) is 11.9 Å². The first kappa shape index (κ1) is 18.1. The average molecular weight is 430 g/mol. The van der Waals surface area contributed by atoms with Crippen LogP contribution in [-0.2, 0) is 13.1 Å². The Morgan fingerprint density at radius 2 is 1.89 bits per heavy atom. The highest BCUT2D eigenvalue weighted by Gasteiger charge is 2.19. The van der Waals surface area contributed by atoms with Gasteiger partial charge in [0.05, 0.1) is 23.1 Å². The highest BCUT2D eigenvalue weighted by Crippen LogP contribution is 2.33. The average Bonchev–Trinajstić information content (AvgIpc) is 3.44. The quantitative estimate of drug-likeness (QED) is 0.526. The minimum absolute atomic E-state index is 0.0354. The number of piperazine rings is 1. The standard InChI is InChI=1S/C19H19N5OS3/c25-18-17-14(15-2-1-7-27-15)11-28-19(17)22-16(21-18)9-24-5-3-23(4-6-24)8-13-10-26-12-20-13/h1-2,7,10-12H,3-6,8-9H2,(H,21,22,25). The summed E-state index contributed by atoms with van der Waals surface area (Å²) in [6.45, 7) is 5.55. The second-order valence-corrected chi connectivity index (χ2v) is 9.38. The summed E-state index contributed by atoms with van der Waals surface area (Å²) in [6.07, 6.45) is 0. The summed E-state index contributed by atoms with van der Waals surface area (Å²) in [4.78, 5) is 31.6. The summed E-state index contributed by atoms with van der Waals surface area (Å²) < 4.78 is 0. The van der Waals surface area contributed by atoms with Gasteiger partial charge in [0.25, 0.3) is 5.56 Å². The van der Waals surface area contributed by atoms with E-state index in [2.05, 4.69) is 25.1 Å². The Morgan fingerprint density at radius 1 is 1.07 bits per heavy atom. The molecule has 0 unspecified atom stereocenters. The molecule has 0 aromatic carbocycles. The molecule has 144 valence electrons. The van der Waals surface area contributed by atoms with Crippen LogP contribution >= 0.6 is 34.0 Å². The van der Waals surface area contributed by atoms with Crippen LogP contribution in [0.3, 0.4) is 0 Å². The van der Waals surface area contributed by atoms with Gasteiger partial charge in [0.2, 0.25) is 0 Å². The predicted molar refractivity (Wildman–Crippen MR) is 116 cm³/mol. The van der Waals surface area contributed by atoms with Crippen LogP contribution in [-0.4, -0.2) is 50.9 Å². The lowest BCUT2D eigenvalue weighted by molar-refractivity contribution is 0.119. The van der Waals surface area contributed by atoms with Crippen LogP contribution in [0, 0.1) is 0 Å². The lowest BCUT2D eigenvalue weighted by atomic mass is 10.2. The largest absolute Gasteiger partial charge is 0.309 e. The Balaban J connectivity index is 1.28. The topological polar surface area (TPSA) is 65.1 Å². The van der Waals surface area contributed by atoms with E-state index < -0.39 is 0 Å². The maximum Gasteiger partial charge on any atom is 0.260 e. The third-order valence-corrected chi connectivity index (χ3v) is 7.40. The van der Waals surface area contributed by atoms with Gasteiger partial charge in [-0.3, -0.25) is 14.6 Å². The molecule has 4 aromatic rings. The monoisotopic (exact) mass is 429 g/mol. The third kappa shape index (κ3) is 3.68. The molecular weight excluding hydrogens is 410 g/mol. The van der Waals surface area contributed by atoms with Gasteiger partial charge in [0, 0.05) is 53.9 Å². The van der Waals surface area contributed by atoms with E-state index in [-0.39, 0.29) is 5.56 Å². The minimum atomic E-state index is -0.0354. The Hall–Kier alpha value is -1.91. The number of thiazole rings is 1. The van der Waals surface area contributed by atoms with Gasteiger partial charge >= 0.3 is 0 Å². The van der Waals surface area contributed by atoms with Gasteiger partial charge in [-0.2, -0.15) is 0 Å². The molecule has 9 heteroatoms. The van der Waals surface area contributed by atoms with Crippen LogP contribution in [0.2, 0.25) is 0 Å². The number of nitrogens with one attached hydrogen (secondary N) is 1. The van der Waals surface area contributed by atoms with Crippen molar-refractivity contribution >= 4 is 44.2 Å². The maximum absolute atomic E-state index is 12.7. The maximum atomic E-state index is 12.7. The van der Waals surface area contributed by atoms with Crippen molar-refractivity contribution in [1.82, 2.24) is 24.8 Å². The number of hydrogen-bond donors (Lipinski definition) is 1.